The van der Waals surface area contributed by atoms with E-state index in [0.717, 1.165) is 16.4 Å². The van der Waals surface area contributed by atoms with Gasteiger partial charge in [0.05, 0.1) is 18.3 Å². The monoisotopic (exact) mass is 276 g/mol. The molecule has 2 amide bonds. The minimum absolute atomic E-state index is 0.126. The van der Waals surface area contributed by atoms with Crippen LogP contribution < -0.4 is 10.6 Å². The van der Waals surface area contributed by atoms with Crippen molar-refractivity contribution in [3.05, 3.63) is 46.2 Å². The standard InChI is InChI=1S/C13H16N4OS/c1-9-8-19-12(16-9)7-15-13(18)17-10(2)11-5-3-4-6-14-11/h3-6,8,10H,7H2,1-2H3,(H2,15,17,18)/t10-/m1/s1. The Kier molecular flexibility index (Phi) is 4.46. The predicted molar refractivity (Wildman–Crippen MR) is 74.9 cm³/mol. The molecule has 0 saturated heterocycles. The molecular weight excluding hydrogens is 260 g/mol. The van der Waals surface area contributed by atoms with Crippen molar-refractivity contribution in [2.75, 3.05) is 0 Å². The van der Waals surface area contributed by atoms with Gasteiger partial charge in [0.15, 0.2) is 0 Å². The number of carbonyl (C=O) groups is 1. The fourth-order valence-corrected chi connectivity index (χ4v) is 2.31. The summed E-state index contributed by atoms with van der Waals surface area (Å²) in [6.45, 7) is 4.28. The Morgan fingerprint density at radius 2 is 2.32 bits per heavy atom. The number of carbonyl (C=O) groups excluding carboxylic acids is 1. The highest BCUT2D eigenvalue weighted by molar-refractivity contribution is 7.09. The van der Waals surface area contributed by atoms with Crippen molar-refractivity contribution in [2.24, 2.45) is 0 Å². The minimum atomic E-state index is -0.217. The number of thiazole rings is 1. The van der Waals surface area contributed by atoms with Crippen molar-refractivity contribution in [3.63, 3.8) is 0 Å². The first-order valence-electron chi connectivity index (χ1n) is 6.01. The van der Waals surface area contributed by atoms with Crippen molar-refractivity contribution in [2.45, 2.75) is 26.4 Å². The third-order valence-electron chi connectivity index (χ3n) is 2.55. The largest absolute Gasteiger partial charge is 0.332 e. The van der Waals surface area contributed by atoms with E-state index in [1.165, 1.54) is 0 Å². The molecule has 0 aliphatic carbocycles. The van der Waals surface area contributed by atoms with Crippen LogP contribution >= 0.6 is 11.3 Å². The Morgan fingerprint density at radius 1 is 1.47 bits per heavy atom. The Morgan fingerprint density at radius 3 is 2.95 bits per heavy atom. The van der Waals surface area contributed by atoms with Crippen LogP contribution in [0.1, 0.15) is 29.4 Å². The predicted octanol–water partition coefficient (Wildman–Crippen LogP) is 2.41. The SMILES string of the molecule is Cc1csc(CNC(=O)N[C@H](C)c2ccccn2)n1. The van der Waals surface area contributed by atoms with E-state index in [2.05, 4.69) is 20.6 Å². The van der Waals surface area contributed by atoms with Gasteiger partial charge in [-0.1, -0.05) is 6.07 Å². The average Bonchev–Trinajstić information content (AvgIpc) is 2.83. The van der Waals surface area contributed by atoms with Crippen molar-refractivity contribution >= 4 is 17.4 Å². The second-order valence-electron chi connectivity index (χ2n) is 4.19. The number of nitrogens with one attached hydrogen (secondary N) is 2. The number of pyridine rings is 1. The van der Waals surface area contributed by atoms with Crippen LogP contribution in [0.5, 0.6) is 0 Å². The van der Waals surface area contributed by atoms with Gasteiger partial charge in [-0.05, 0) is 26.0 Å². The fraction of sp³-hybridized carbons (Fsp3) is 0.308. The van der Waals surface area contributed by atoms with E-state index in [-0.39, 0.29) is 12.1 Å². The first-order valence-corrected chi connectivity index (χ1v) is 6.89. The van der Waals surface area contributed by atoms with Crippen LogP contribution in [-0.2, 0) is 6.54 Å². The maximum Gasteiger partial charge on any atom is 0.315 e. The molecule has 2 heterocycles. The van der Waals surface area contributed by atoms with Crippen LogP contribution in [0.3, 0.4) is 0 Å². The lowest BCUT2D eigenvalue weighted by Crippen LogP contribution is -2.36. The summed E-state index contributed by atoms with van der Waals surface area (Å²) >= 11 is 1.54. The molecule has 2 N–H and O–H groups in total. The van der Waals surface area contributed by atoms with Crippen LogP contribution in [0.15, 0.2) is 29.8 Å². The van der Waals surface area contributed by atoms with Gasteiger partial charge in [0.25, 0.3) is 0 Å². The van der Waals surface area contributed by atoms with Crippen molar-refractivity contribution < 1.29 is 4.79 Å². The number of aromatic nitrogens is 2. The number of hydrogen-bond acceptors (Lipinski definition) is 4. The molecule has 0 spiro atoms. The number of nitrogens with zero attached hydrogens (tertiary/aromatic N) is 2. The fourth-order valence-electron chi connectivity index (χ4n) is 1.59. The third-order valence-corrected chi connectivity index (χ3v) is 3.51. The summed E-state index contributed by atoms with van der Waals surface area (Å²) in [5.74, 6) is 0. The van der Waals surface area contributed by atoms with E-state index in [1.807, 2.05) is 37.4 Å². The third kappa shape index (κ3) is 4.03. The molecule has 0 fully saturated rings. The quantitative estimate of drug-likeness (QED) is 0.901. The average molecular weight is 276 g/mol. The summed E-state index contributed by atoms with van der Waals surface area (Å²) in [7, 11) is 0. The Labute approximate surface area is 116 Å². The summed E-state index contributed by atoms with van der Waals surface area (Å²) in [5.41, 5.74) is 1.81. The topological polar surface area (TPSA) is 66.9 Å². The summed E-state index contributed by atoms with van der Waals surface area (Å²) in [6, 6.07) is 5.29. The molecule has 0 saturated carbocycles. The lowest BCUT2D eigenvalue weighted by molar-refractivity contribution is 0.237. The van der Waals surface area contributed by atoms with Gasteiger partial charge in [-0.2, -0.15) is 0 Å². The van der Waals surface area contributed by atoms with Crippen LogP contribution in [0.25, 0.3) is 0 Å². The summed E-state index contributed by atoms with van der Waals surface area (Å²) in [5, 5.41) is 8.49. The van der Waals surface area contributed by atoms with E-state index in [9.17, 15) is 4.79 Å². The molecule has 0 aromatic carbocycles. The van der Waals surface area contributed by atoms with E-state index in [4.69, 9.17) is 0 Å². The highest BCUT2D eigenvalue weighted by Gasteiger charge is 2.10. The number of amides is 2. The number of rotatable bonds is 4. The van der Waals surface area contributed by atoms with Crippen LogP contribution in [-0.4, -0.2) is 16.0 Å². The molecule has 5 nitrogen and oxygen atoms in total. The van der Waals surface area contributed by atoms with Gasteiger partial charge in [0.2, 0.25) is 0 Å². The normalized spacial score (nSPS) is 11.9. The second kappa shape index (κ2) is 6.29. The van der Waals surface area contributed by atoms with E-state index < -0.39 is 0 Å². The minimum Gasteiger partial charge on any atom is -0.332 e. The van der Waals surface area contributed by atoms with Crippen LogP contribution in [0, 0.1) is 6.92 Å². The maximum absolute atomic E-state index is 11.7. The summed E-state index contributed by atoms with van der Waals surface area (Å²) in [4.78, 5) is 20.2. The van der Waals surface area contributed by atoms with Gasteiger partial charge in [0.1, 0.15) is 5.01 Å². The van der Waals surface area contributed by atoms with Gasteiger partial charge in [0, 0.05) is 17.3 Å². The molecule has 100 valence electrons. The van der Waals surface area contributed by atoms with Crippen LogP contribution in [0.4, 0.5) is 4.79 Å². The van der Waals surface area contributed by atoms with Crippen molar-refractivity contribution in [1.29, 1.82) is 0 Å². The van der Waals surface area contributed by atoms with E-state index in [0.29, 0.717) is 6.54 Å². The molecule has 2 aromatic heterocycles. The number of urea groups is 1. The van der Waals surface area contributed by atoms with E-state index >= 15 is 0 Å². The molecule has 19 heavy (non-hydrogen) atoms. The van der Waals surface area contributed by atoms with Crippen LogP contribution in [0.2, 0.25) is 0 Å². The zero-order valence-electron chi connectivity index (χ0n) is 10.9. The number of hydrogen-bond donors (Lipinski definition) is 2. The molecule has 6 heteroatoms. The summed E-state index contributed by atoms with van der Waals surface area (Å²) in [6.07, 6.45) is 1.71. The van der Waals surface area contributed by atoms with Gasteiger partial charge in [-0.25, -0.2) is 9.78 Å². The smallest absolute Gasteiger partial charge is 0.315 e. The molecule has 0 aliphatic rings. The molecule has 2 rings (SSSR count). The molecule has 0 bridgehead atoms. The molecular formula is C13H16N4OS. The van der Waals surface area contributed by atoms with Gasteiger partial charge >= 0.3 is 6.03 Å². The molecule has 2 aromatic rings. The highest BCUT2D eigenvalue weighted by atomic mass is 32.1. The zero-order valence-corrected chi connectivity index (χ0v) is 11.7. The number of aryl methyl sites for hydroxylation is 1. The molecule has 1 atom stereocenters. The van der Waals surface area contributed by atoms with Crippen molar-refractivity contribution in [3.8, 4) is 0 Å². The summed E-state index contributed by atoms with van der Waals surface area (Å²) < 4.78 is 0. The lowest BCUT2D eigenvalue weighted by atomic mass is 10.2. The van der Waals surface area contributed by atoms with E-state index in [1.54, 1.807) is 17.5 Å². The Bertz CT molecular complexity index is 541. The lowest BCUT2D eigenvalue weighted by Gasteiger charge is -2.13. The van der Waals surface area contributed by atoms with Gasteiger partial charge in [-0.15, -0.1) is 11.3 Å². The maximum atomic E-state index is 11.7. The first-order chi connectivity index (χ1) is 9.15. The molecule has 0 aliphatic heterocycles. The molecule has 0 unspecified atom stereocenters. The Hall–Kier alpha value is -1.95. The highest BCUT2D eigenvalue weighted by Crippen LogP contribution is 2.09. The van der Waals surface area contributed by atoms with Gasteiger partial charge in [-0.3, -0.25) is 4.98 Å². The first kappa shape index (κ1) is 13.5. The second-order valence-corrected chi connectivity index (χ2v) is 5.13. The molecule has 0 radical (unpaired) electrons. The van der Waals surface area contributed by atoms with Gasteiger partial charge < -0.3 is 10.6 Å². The van der Waals surface area contributed by atoms with Crippen molar-refractivity contribution in [1.82, 2.24) is 20.6 Å². The Balaban J connectivity index is 1.81. The zero-order chi connectivity index (χ0) is 13.7.